The normalized spacial score (nSPS) is 15.2. The van der Waals surface area contributed by atoms with Gasteiger partial charge >= 0.3 is 12.1 Å². The van der Waals surface area contributed by atoms with Crippen molar-refractivity contribution in [1.82, 2.24) is 4.98 Å². The van der Waals surface area contributed by atoms with Gasteiger partial charge in [-0.3, -0.25) is 4.79 Å². The van der Waals surface area contributed by atoms with Crippen molar-refractivity contribution in [2.75, 3.05) is 18.0 Å². The Balaban J connectivity index is 1.89. The van der Waals surface area contributed by atoms with Crippen LogP contribution in [0.1, 0.15) is 5.56 Å². The van der Waals surface area contributed by atoms with Crippen LogP contribution >= 0.6 is 11.6 Å². The number of aliphatic carboxylic acids is 1. The van der Waals surface area contributed by atoms with Crippen molar-refractivity contribution in [3.05, 3.63) is 47.2 Å². The molecule has 0 atom stereocenters. The van der Waals surface area contributed by atoms with Crippen LogP contribution < -0.4 is 4.90 Å². The smallest absolute Gasteiger partial charge is 0.419 e. The number of alkyl halides is 3. The van der Waals surface area contributed by atoms with Crippen LogP contribution in [0.25, 0.3) is 11.1 Å². The highest BCUT2D eigenvalue weighted by Gasteiger charge is 2.35. The van der Waals surface area contributed by atoms with Crippen molar-refractivity contribution in [3.63, 3.8) is 0 Å². The highest BCUT2D eigenvalue weighted by Crippen LogP contribution is 2.36. The summed E-state index contributed by atoms with van der Waals surface area (Å²) in [5.41, 5.74) is 0.625. The number of nitrogens with zero attached hydrogens (tertiary/aromatic N) is 2. The summed E-state index contributed by atoms with van der Waals surface area (Å²) in [5.74, 6) is -1.26. The summed E-state index contributed by atoms with van der Waals surface area (Å²) >= 11 is 5.53. The number of rotatable bonds is 3. The van der Waals surface area contributed by atoms with Crippen molar-refractivity contribution < 1.29 is 23.1 Å². The molecule has 1 aromatic heterocycles. The number of carboxylic acids is 1. The number of halogens is 4. The topological polar surface area (TPSA) is 53.4 Å². The molecule has 8 heteroatoms. The Morgan fingerprint density at radius 1 is 1.25 bits per heavy atom. The van der Waals surface area contributed by atoms with Gasteiger partial charge in [0.2, 0.25) is 0 Å². The number of carbonyl (C=O) groups is 1. The van der Waals surface area contributed by atoms with E-state index in [0.717, 1.165) is 11.8 Å². The van der Waals surface area contributed by atoms with E-state index in [0.29, 0.717) is 24.2 Å². The van der Waals surface area contributed by atoms with Crippen LogP contribution in [0, 0.1) is 5.92 Å². The van der Waals surface area contributed by atoms with E-state index >= 15 is 0 Å². The number of carboxylic acid groups (broad SMARTS) is 1. The lowest BCUT2D eigenvalue weighted by atomic mass is 9.98. The second-order valence-corrected chi connectivity index (χ2v) is 5.91. The van der Waals surface area contributed by atoms with Crippen LogP contribution in [0.2, 0.25) is 5.15 Å². The highest BCUT2D eigenvalue weighted by atomic mass is 35.5. The molecule has 0 saturated carbocycles. The summed E-state index contributed by atoms with van der Waals surface area (Å²) in [7, 11) is 0. The third-order valence-corrected chi connectivity index (χ3v) is 4.22. The molecule has 0 amide bonds. The first kappa shape index (κ1) is 16.6. The van der Waals surface area contributed by atoms with Crippen molar-refractivity contribution in [1.29, 1.82) is 0 Å². The zero-order valence-corrected chi connectivity index (χ0v) is 13.0. The molecular formula is C16H12ClF3N2O2. The lowest BCUT2D eigenvalue weighted by Gasteiger charge is -2.38. The van der Waals surface area contributed by atoms with E-state index in [1.54, 1.807) is 24.3 Å². The van der Waals surface area contributed by atoms with Gasteiger partial charge in [-0.05, 0) is 23.8 Å². The van der Waals surface area contributed by atoms with Gasteiger partial charge in [-0.1, -0.05) is 23.7 Å². The molecule has 24 heavy (non-hydrogen) atoms. The molecule has 1 aliphatic rings. The molecule has 1 aliphatic heterocycles. The lowest BCUT2D eigenvalue weighted by Crippen LogP contribution is -2.50. The third-order valence-electron chi connectivity index (χ3n) is 3.92. The zero-order chi connectivity index (χ0) is 17.5. The van der Waals surface area contributed by atoms with Crippen LogP contribution in [0.3, 0.4) is 0 Å². The van der Waals surface area contributed by atoms with Gasteiger partial charge in [0.05, 0.1) is 11.5 Å². The fourth-order valence-corrected chi connectivity index (χ4v) is 2.74. The maximum Gasteiger partial charge on any atom is 0.419 e. The number of hydrogen-bond donors (Lipinski definition) is 1. The predicted octanol–water partition coefficient (Wildman–Crippen LogP) is 3.94. The highest BCUT2D eigenvalue weighted by molar-refractivity contribution is 6.30. The average Bonchev–Trinajstić information content (AvgIpc) is 2.45. The minimum Gasteiger partial charge on any atom is -0.481 e. The van der Waals surface area contributed by atoms with Gasteiger partial charge < -0.3 is 10.0 Å². The number of benzene rings is 1. The van der Waals surface area contributed by atoms with Gasteiger partial charge in [0, 0.05) is 30.5 Å². The Labute approximate surface area is 140 Å². The second kappa shape index (κ2) is 5.98. The molecule has 3 rings (SSSR count). The molecule has 2 heterocycles. The van der Waals surface area contributed by atoms with Crippen LogP contribution in [-0.2, 0) is 11.0 Å². The molecule has 1 N–H and O–H groups in total. The van der Waals surface area contributed by atoms with Crippen LogP contribution in [0.15, 0.2) is 36.5 Å². The Morgan fingerprint density at radius 3 is 2.58 bits per heavy atom. The standard InChI is InChI=1S/C16H12ClF3N2O2/c17-14-13(16(18,19)20)5-10(6-21-14)9-2-1-3-12(4-9)22-7-11(8-22)15(23)24/h1-6,11H,7-8H2,(H,23,24). The molecule has 1 fully saturated rings. The Hall–Kier alpha value is -2.28. The van der Waals surface area contributed by atoms with Gasteiger partial charge in [0.25, 0.3) is 0 Å². The molecule has 0 radical (unpaired) electrons. The van der Waals surface area contributed by atoms with E-state index in [1.807, 2.05) is 4.90 Å². The van der Waals surface area contributed by atoms with E-state index in [2.05, 4.69) is 4.98 Å². The largest absolute Gasteiger partial charge is 0.481 e. The van der Waals surface area contributed by atoms with Crippen molar-refractivity contribution in [3.8, 4) is 11.1 Å². The number of anilines is 1. The van der Waals surface area contributed by atoms with Gasteiger partial charge in [0.1, 0.15) is 5.15 Å². The summed E-state index contributed by atoms with van der Waals surface area (Å²) in [6.07, 6.45) is -3.29. The Morgan fingerprint density at radius 2 is 1.96 bits per heavy atom. The second-order valence-electron chi connectivity index (χ2n) is 5.55. The number of hydrogen-bond acceptors (Lipinski definition) is 3. The molecule has 126 valence electrons. The number of aromatic nitrogens is 1. The van der Waals surface area contributed by atoms with Gasteiger partial charge in [-0.2, -0.15) is 13.2 Å². The quantitative estimate of drug-likeness (QED) is 0.846. The predicted molar refractivity (Wildman–Crippen MR) is 83.0 cm³/mol. The van der Waals surface area contributed by atoms with E-state index in [9.17, 15) is 18.0 Å². The Kier molecular flexibility index (Phi) is 4.13. The first-order valence-corrected chi connectivity index (χ1v) is 7.44. The van der Waals surface area contributed by atoms with Crippen molar-refractivity contribution in [2.45, 2.75) is 6.18 Å². The fourth-order valence-electron chi connectivity index (χ4n) is 2.53. The number of pyridine rings is 1. The van der Waals surface area contributed by atoms with Crippen LogP contribution in [0.5, 0.6) is 0 Å². The van der Waals surface area contributed by atoms with E-state index < -0.39 is 28.8 Å². The molecule has 1 saturated heterocycles. The summed E-state index contributed by atoms with van der Waals surface area (Å²) in [5, 5.41) is 8.32. The monoisotopic (exact) mass is 356 g/mol. The summed E-state index contributed by atoms with van der Waals surface area (Å²) < 4.78 is 38.8. The summed E-state index contributed by atoms with van der Waals surface area (Å²) in [6.45, 7) is 0.761. The lowest BCUT2D eigenvalue weighted by molar-refractivity contribution is -0.142. The minimum atomic E-state index is -4.58. The third kappa shape index (κ3) is 3.17. The van der Waals surface area contributed by atoms with Crippen LogP contribution in [-0.4, -0.2) is 29.1 Å². The zero-order valence-electron chi connectivity index (χ0n) is 12.2. The van der Waals surface area contributed by atoms with Gasteiger partial charge in [-0.25, -0.2) is 4.98 Å². The molecule has 0 aliphatic carbocycles. The molecule has 0 unspecified atom stereocenters. The molecule has 0 bridgehead atoms. The van der Waals surface area contributed by atoms with Gasteiger partial charge in [-0.15, -0.1) is 0 Å². The van der Waals surface area contributed by atoms with E-state index in [1.165, 1.54) is 6.20 Å². The average molecular weight is 357 g/mol. The molecular weight excluding hydrogens is 345 g/mol. The Bertz CT molecular complexity index is 789. The molecule has 1 aromatic carbocycles. The maximum absolute atomic E-state index is 12.9. The first-order valence-electron chi connectivity index (χ1n) is 7.06. The fraction of sp³-hybridized carbons (Fsp3) is 0.250. The summed E-state index contributed by atoms with van der Waals surface area (Å²) in [6, 6.07) is 7.84. The van der Waals surface area contributed by atoms with Crippen molar-refractivity contribution in [2.24, 2.45) is 5.92 Å². The first-order chi connectivity index (χ1) is 11.3. The van der Waals surface area contributed by atoms with Gasteiger partial charge in [0.15, 0.2) is 0 Å². The SMILES string of the molecule is O=C(O)C1CN(c2cccc(-c3cnc(Cl)c(C(F)(F)F)c3)c2)C1. The summed E-state index contributed by atoms with van der Waals surface area (Å²) in [4.78, 5) is 16.3. The molecule has 4 nitrogen and oxygen atoms in total. The molecule has 2 aromatic rings. The maximum atomic E-state index is 12.9. The van der Waals surface area contributed by atoms with Crippen molar-refractivity contribution >= 4 is 23.3 Å². The van der Waals surface area contributed by atoms with E-state index in [4.69, 9.17) is 16.7 Å². The van der Waals surface area contributed by atoms with Crippen LogP contribution in [0.4, 0.5) is 18.9 Å². The molecule has 0 spiro atoms. The minimum absolute atomic E-state index is 0.295. The van der Waals surface area contributed by atoms with E-state index in [-0.39, 0.29) is 0 Å².